The Labute approximate surface area is 361 Å². The average Bonchev–Trinajstić information content (AvgIpc) is 3.23. The van der Waals surface area contributed by atoms with Crippen LogP contribution in [0.25, 0.3) is 0 Å². The van der Waals surface area contributed by atoms with E-state index in [9.17, 15) is 14.7 Å². The third kappa shape index (κ3) is 46.8. The van der Waals surface area contributed by atoms with E-state index < -0.39 is 6.10 Å². The number of carbonyl (C=O) groups is 2. The van der Waals surface area contributed by atoms with Gasteiger partial charge in [0.05, 0.1) is 6.61 Å². The first kappa shape index (κ1) is 56.1. The van der Waals surface area contributed by atoms with Crippen molar-refractivity contribution >= 4 is 11.9 Å². The predicted octanol–water partition coefficient (Wildman–Crippen LogP) is 16.7. The molecule has 0 bridgehead atoms. The zero-order valence-corrected chi connectivity index (χ0v) is 38.8. The van der Waals surface area contributed by atoms with Gasteiger partial charge in [0.15, 0.2) is 6.10 Å². The summed E-state index contributed by atoms with van der Waals surface area (Å²) in [7, 11) is 0. The number of hydrogen-bond donors (Lipinski definition) is 1. The number of allylic oxidation sites excluding steroid dienone is 6. The van der Waals surface area contributed by atoms with E-state index in [1.54, 1.807) is 0 Å². The van der Waals surface area contributed by atoms with Crippen LogP contribution < -0.4 is 0 Å². The van der Waals surface area contributed by atoms with Crippen molar-refractivity contribution in [1.82, 2.24) is 0 Å². The van der Waals surface area contributed by atoms with Crippen LogP contribution >= 0.6 is 0 Å². The predicted molar refractivity (Wildman–Crippen MR) is 251 cm³/mol. The molecule has 340 valence electrons. The molecular weight excluding hydrogens is 717 g/mol. The molecule has 5 nitrogen and oxygen atoms in total. The van der Waals surface area contributed by atoms with Crippen LogP contribution in [0.5, 0.6) is 0 Å². The SMILES string of the molecule is CCCCCC/C=C\CCCCCCCC(=O)OCC(CO)OC(=O)CCCCCCCCCCCCCCCCCCCCC/C=C\C/C=C\CCCCCCC. The lowest BCUT2D eigenvalue weighted by atomic mass is 10.0. The molecule has 0 spiro atoms. The zero-order chi connectivity index (χ0) is 42.1. The van der Waals surface area contributed by atoms with Crippen LogP contribution in [0.3, 0.4) is 0 Å². The molecule has 0 aromatic carbocycles. The van der Waals surface area contributed by atoms with Gasteiger partial charge in [0.1, 0.15) is 6.61 Å². The summed E-state index contributed by atoms with van der Waals surface area (Å²) < 4.78 is 10.6. The number of aliphatic hydroxyl groups excluding tert-OH is 1. The van der Waals surface area contributed by atoms with Gasteiger partial charge in [-0.2, -0.15) is 0 Å². The second-order valence-corrected chi connectivity index (χ2v) is 17.2. The molecule has 0 rings (SSSR count). The molecular formula is C53H98O5. The minimum Gasteiger partial charge on any atom is -0.462 e. The molecule has 0 aliphatic rings. The number of hydrogen-bond acceptors (Lipinski definition) is 5. The molecule has 5 heteroatoms. The summed E-state index contributed by atoms with van der Waals surface area (Å²) in [5, 5.41) is 9.60. The highest BCUT2D eigenvalue weighted by Crippen LogP contribution is 2.16. The molecule has 1 N–H and O–H groups in total. The van der Waals surface area contributed by atoms with Crippen molar-refractivity contribution in [2.24, 2.45) is 0 Å². The van der Waals surface area contributed by atoms with E-state index in [4.69, 9.17) is 9.47 Å². The van der Waals surface area contributed by atoms with Crippen molar-refractivity contribution in [2.75, 3.05) is 13.2 Å². The first-order chi connectivity index (χ1) is 28.6. The minimum atomic E-state index is -0.772. The smallest absolute Gasteiger partial charge is 0.306 e. The van der Waals surface area contributed by atoms with Crippen LogP contribution in [0.1, 0.15) is 271 Å². The van der Waals surface area contributed by atoms with E-state index in [-0.39, 0.29) is 25.2 Å². The number of esters is 2. The Bertz CT molecular complexity index is 924. The van der Waals surface area contributed by atoms with Gasteiger partial charge in [-0.05, 0) is 70.6 Å². The van der Waals surface area contributed by atoms with Crippen molar-refractivity contribution < 1.29 is 24.2 Å². The van der Waals surface area contributed by atoms with E-state index in [1.165, 1.54) is 193 Å². The monoisotopic (exact) mass is 815 g/mol. The van der Waals surface area contributed by atoms with Gasteiger partial charge in [-0.15, -0.1) is 0 Å². The van der Waals surface area contributed by atoms with Gasteiger partial charge < -0.3 is 14.6 Å². The summed E-state index contributed by atoms with van der Waals surface area (Å²) in [6.45, 7) is 4.13. The van der Waals surface area contributed by atoms with E-state index in [0.717, 1.165) is 51.4 Å². The van der Waals surface area contributed by atoms with Crippen LogP contribution in [-0.2, 0) is 19.1 Å². The Morgan fingerprint density at radius 1 is 0.397 bits per heavy atom. The van der Waals surface area contributed by atoms with Crippen molar-refractivity contribution in [2.45, 2.75) is 277 Å². The maximum absolute atomic E-state index is 12.2. The summed E-state index contributed by atoms with van der Waals surface area (Å²) in [5.41, 5.74) is 0. The lowest BCUT2D eigenvalue weighted by molar-refractivity contribution is -0.161. The molecule has 0 aromatic heterocycles. The number of ether oxygens (including phenoxy) is 2. The maximum Gasteiger partial charge on any atom is 0.306 e. The topological polar surface area (TPSA) is 72.8 Å². The molecule has 0 aliphatic heterocycles. The lowest BCUT2D eigenvalue weighted by Crippen LogP contribution is -2.28. The summed E-state index contributed by atoms with van der Waals surface area (Å²) in [5.74, 6) is -0.590. The van der Waals surface area contributed by atoms with E-state index >= 15 is 0 Å². The Morgan fingerprint density at radius 2 is 0.690 bits per heavy atom. The van der Waals surface area contributed by atoms with Crippen LogP contribution in [0, 0.1) is 0 Å². The highest BCUT2D eigenvalue weighted by atomic mass is 16.6. The van der Waals surface area contributed by atoms with Crippen LogP contribution in [0.15, 0.2) is 36.5 Å². The lowest BCUT2D eigenvalue weighted by Gasteiger charge is -2.15. The molecule has 0 saturated heterocycles. The summed E-state index contributed by atoms with van der Waals surface area (Å²) in [6, 6.07) is 0. The largest absolute Gasteiger partial charge is 0.462 e. The van der Waals surface area contributed by atoms with Gasteiger partial charge in [0.25, 0.3) is 0 Å². The molecule has 0 aromatic rings. The average molecular weight is 815 g/mol. The summed E-state index contributed by atoms with van der Waals surface area (Å²) in [4.78, 5) is 24.4. The molecule has 0 heterocycles. The molecule has 0 aliphatic carbocycles. The van der Waals surface area contributed by atoms with Crippen molar-refractivity contribution in [3.05, 3.63) is 36.5 Å². The number of rotatable bonds is 47. The van der Waals surface area contributed by atoms with Gasteiger partial charge >= 0.3 is 11.9 Å². The molecule has 1 atom stereocenters. The maximum atomic E-state index is 12.2. The van der Waals surface area contributed by atoms with Crippen molar-refractivity contribution in [1.29, 1.82) is 0 Å². The molecule has 0 saturated carbocycles. The van der Waals surface area contributed by atoms with E-state index in [2.05, 4.69) is 50.3 Å². The quantitative estimate of drug-likeness (QED) is 0.0376. The fourth-order valence-electron chi connectivity index (χ4n) is 7.52. The number of aliphatic hydroxyl groups is 1. The molecule has 0 amide bonds. The normalized spacial score (nSPS) is 12.4. The number of carbonyl (C=O) groups excluding carboxylic acids is 2. The Hall–Kier alpha value is -1.88. The molecule has 0 fully saturated rings. The third-order valence-corrected chi connectivity index (χ3v) is 11.4. The first-order valence-electron chi connectivity index (χ1n) is 25.5. The Balaban J connectivity index is 3.42. The fourth-order valence-corrected chi connectivity index (χ4v) is 7.52. The van der Waals surface area contributed by atoms with Gasteiger partial charge in [-0.1, -0.05) is 224 Å². The van der Waals surface area contributed by atoms with Crippen molar-refractivity contribution in [3.63, 3.8) is 0 Å². The van der Waals surface area contributed by atoms with E-state index in [1.807, 2.05) is 0 Å². The summed E-state index contributed by atoms with van der Waals surface area (Å²) >= 11 is 0. The zero-order valence-electron chi connectivity index (χ0n) is 38.8. The summed E-state index contributed by atoms with van der Waals surface area (Å²) in [6.07, 6.45) is 62.5. The highest BCUT2D eigenvalue weighted by molar-refractivity contribution is 5.70. The molecule has 1 unspecified atom stereocenters. The van der Waals surface area contributed by atoms with E-state index in [0.29, 0.717) is 12.8 Å². The van der Waals surface area contributed by atoms with Crippen LogP contribution in [0.4, 0.5) is 0 Å². The fraction of sp³-hybridized carbons (Fsp3) is 0.849. The van der Waals surface area contributed by atoms with Crippen molar-refractivity contribution in [3.8, 4) is 0 Å². The van der Waals surface area contributed by atoms with Gasteiger partial charge in [0.2, 0.25) is 0 Å². The minimum absolute atomic E-state index is 0.0666. The van der Waals surface area contributed by atoms with Gasteiger partial charge in [-0.3, -0.25) is 9.59 Å². The third-order valence-electron chi connectivity index (χ3n) is 11.4. The molecule has 58 heavy (non-hydrogen) atoms. The Kier molecular flexibility index (Phi) is 47.9. The van der Waals surface area contributed by atoms with Crippen LogP contribution in [0.2, 0.25) is 0 Å². The Morgan fingerprint density at radius 3 is 1.05 bits per heavy atom. The van der Waals surface area contributed by atoms with Gasteiger partial charge in [-0.25, -0.2) is 0 Å². The highest BCUT2D eigenvalue weighted by Gasteiger charge is 2.16. The second-order valence-electron chi connectivity index (χ2n) is 17.2. The van der Waals surface area contributed by atoms with Gasteiger partial charge in [0, 0.05) is 12.8 Å². The standard InChI is InChI=1S/C53H98O5/c1-3-5-7-9-11-13-15-17-18-19-20-21-22-23-24-25-26-27-28-29-30-31-32-33-34-36-38-40-42-44-46-48-53(56)58-51(49-54)50-57-52(55)47-45-43-41-39-37-35-16-14-12-10-8-6-4-2/h14-17,19-20,51,54H,3-13,18,21-50H2,1-2H3/b16-14-,17-15-,20-19-. The first-order valence-corrected chi connectivity index (χ1v) is 25.5. The number of unbranched alkanes of at least 4 members (excludes halogenated alkanes) is 33. The van der Waals surface area contributed by atoms with Crippen LogP contribution in [-0.4, -0.2) is 36.4 Å². The second kappa shape index (κ2) is 49.5. The molecule has 0 radical (unpaired) electrons.